The normalized spacial score (nSPS) is 22.3. The van der Waals surface area contributed by atoms with E-state index in [9.17, 15) is 18.8 Å². The van der Waals surface area contributed by atoms with Gasteiger partial charge in [-0.05, 0) is 36.5 Å². The predicted molar refractivity (Wildman–Crippen MR) is 79.4 cm³/mol. The van der Waals surface area contributed by atoms with E-state index < -0.39 is 23.9 Å². The lowest BCUT2D eigenvalue weighted by Crippen LogP contribution is -2.32. The molecule has 0 radical (unpaired) electrons. The topological polar surface area (TPSA) is 89.7 Å². The first-order chi connectivity index (χ1) is 11.0. The van der Waals surface area contributed by atoms with Gasteiger partial charge in [0.05, 0.1) is 12.2 Å². The summed E-state index contributed by atoms with van der Waals surface area (Å²) in [6.07, 6.45) is 0.503. The van der Waals surface area contributed by atoms with Gasteiger partial charge in [0.2, 0.25) is 0 Å². The number of ketones is 1. The van der Waals surface area contributed by atoms with Crippen LogP contribution in [0.3, 0.4) is 0 Å². The van der Waals surface area contributed by atoms with E-state index in [1.165, 1.54) is 11.0 Å². The molecule has 1 saturated carbocycles. The van der Waals surface area contributed by atoms with Crippen molar-refractivity contribution in [2.75, 3.05) is 11.4 Å². The van der Waals surface area contributed by atoms with Gasteiger partial charge in [-0.1, -0.05) is 6.07 Å². The number of hydrogen-bond donors (Lipinski definition) is 1. The van der Waals surface area contributed by atoms with Crippen molar-refractivity contribution in [2.45, 2.75) is 37.7 Å². The van der Waals surface area contributed by atoms with Crippen molar-refractivity contribution >= 4 is 23.5 Å². The zero-order chi connectivity index (χ0) is 16.6. The number of ether oxygens (including phenoxy) is 1. The molecule has 2 fully saturated rings. The maximum atomic E-state index is 14.4. The number of benzene rings is 1. The molecule has 2 aliphatic rings. The zero-order valence-electron chi connectivity index (χ0n) is 12.5. The summed E-state index contributed by atoms with van der Waals surface area (Å²) in [5, 5.41) is 0. The molecule has 122 valence electrons. The van der Waals surface area contributed by atoms with Crippen LogP contribution in [-0.2, 0) is 14.3 Å². The third kappa shape index (κ3) is 3.04. The summed E-state index contributed by atoms with van der Waals surface area (Å²) in [5.41, 5.74) is 6.00. The molecule has 0 aromatic heterocycles. The minimum Gasteiger partial charge on any atom is -0.434 e. The van der Waals surface area contributed by atoms with Crippen LogP contribution < -0.4 is 10.6 Å². The number of carbonyl (C=O) groups excluding carboxylic acids is 3. The minimum atomic E-state index is -1.02. The summed E-state index contributed by atoms with van der Waals surface area (Å²) in [5.74, 6) is -0.914. The summed E-state index contributed by atoms with van der Waals surface area (Å²) < 4.78 is 19.3. The highest BCUT2D eigenvalue weighted by Crippen LogP contribution is 2.34. The largest absolute Gasteiger partial charge is 0.434 e. The van der Waals surface area contributed by atoms with Gasteiger partial charge in [0, 0.05) is 12.8 Å². The summed E-state index contributed by atoms with van der Waals surface area (Å²) in [6, 6.07) is 4.52. The van der Waals surface area contributed by atoms with Gasteiger partial charge in [-0.2, -0.15) is 0 Å². The van der Waals surface area contributed by atoms with Gasteiger partial charge in [0.25, 0.3) is 5.91 Å². The van der Waals surface area contributed by atoms with Crippen LogP contribution in [0.2, 0.25) is 0 Å². The van der Waals surface area contributed by atoms with Crippen molar-refractivity contribution in [3.8, 4) is 0 Å². The van der Waals surface area contributed by atoms with Crippen molar-refractivity contribution in [3.63, 3.8) is 0 Å². The molecular weight excluding hydrogens is 303 g/mol. The maximum Gasteiger partial charge on any atom is 0.415 e. The number of primary amides is 1. The Morgan fingerprint density at radius 3 is 2.52 bits per heavy atom. The second-order valence-electron chi connectivity index (χ2n) is 5.90. The molecule has 0 bridgehead atoms. The molecule has 2 amide bonds. The van der Waals surface area contributed by atoms with E-state index in [2.05, 4.69) is 0 Å². The Morgan fingerprint density at radius 2 is 1.96 bits per heavy atom. The van der Waals surface area contributed by atoms with E-state index in [1.807, 2.05) is 0 Å². The molecule has 2 N–H and O–H groups in total. The van der Waals surface area contributed by atoms with Gasteiger partial charge in [-0.15, -0.1) is 0 Å². The first kappa shape index (κ1) is 15.5. The number of anilines is 1. The smallest absolute Gasteiger partial charge is 0.415 e. The maximum absolute atomic E-state index is 14.4. The average Bonchev–Trinajstić information content (AvgIpc) is 2.90. The Balaban J connectivity index is 1.78. The van der Waals surface area contributed by atoms with Crippen LogP contribution in [0.5, 0.6) is 0 Å². The van der Waals surface area contributed by atoms with Gasteiger partial charge in [0.1, 0.15) is 11.6 Å². The Morgan fingerprint density at radius 1 is 1.26 bits per heavy atom. The predicted octanol–water partition coefficient (Wildman–Crippen LogP) is 1.86. The SMILES string of the molecule is NC(=O)C1CN(c2ccc(C3CCC(=O)CC3)c(F)c2)C(=O)O1. The van der Waals surface area contributed by atoms with E-state index in [0.29, 0.717) is 36.9 Å². The quantitative estimate of drug-likeness (QED) is 0.920. The molecule has 23 heavy (non-hydrogen) atoms. The van der Waals surface area contributed by atoms with E-state index in [4.69, 9.17) is 10.5 Å². The number of cyclic esters (lactones) is 1. The van der Waals surface area contributed by atoms with Crippen LogP contribution in [0, 0.1) is 5.82 Å². The molecule has 1 atom stereocenters. The average molecular weight is 320 g/mol. The Bertz CT molecular complexity index is 666. The van der Waals surface area contributed by atoms with Gasteiger partial charge in [-0.3, -0.25) is 14.5 Å². The summed E-state index contributed by atoms with van der Waals surface area (Å²) in [6.45, 7) is -0.0229. The van der Waals surface area contributed by atoms with Crippen molar-refractivity contribution in [2.24, 2.45) is 5.73 Å². The molecule has 1 aromatic carbocycles. The number of hydrogen-bond acceptors (Lipinski definition) is 4. The summed E-state index contributed by atoms with van der Waals surface area (Å²) >= 11 is 0. The van der Waals surface area contributed by atoms with E-state index in [-0.39, 0.29) is 18.2 Å². The van der Waals surface area contributed by atoms with E-state index in [1.54, 1.807) is 12.1 Å². The number of amides is 2. The lowest BCUT2D eigenvalue weighted by molar-refractivity contribution is -0.124. The fraction of sp³-hybridized carbons (Fsp3) is 0.438. The molecule has 0 spiro atoms. The van der Waals surface area contributed by atoms with Gasteiger partial charge in [0.15, 0.2) is 6.10 Å². The number of halogens is 1. The minimum absolute atomic E-state index is 0.0191. The van der Waals surface area contributed by atoms with Gasteiger partial charge < -0.3 is 10.5 Å². The van der Waals surface area contributed by atoms with Gasteiger partial charge >= 0.3 is 6.09 Å². The molecule has 1 aliphatic carbocycles. The van der Waals surface area contributed by atoms with Crippen LogP contribution in [0.25, 0.3) is 0 Å². The lowest BCUT2D eigenvalue weighted by Gasteiger charge is -2.22. The Hall–Kier alpha value is -2.44. The highest BCUT2D eigenvalue weighted by Gasteiger charge is 2.36. The fourth-order valence-electron chi connectivity index (χ4n) is 3.09. The lowest BCUT2D eigenvalue weighted by atomic mass is 9.83. The molecule has 1 heterocycles. The fourth-order valence-corrected chi connectivity index (χ4v) is 3.09. The van der Waals surface area contributed by atoms with Crippen molar-refractivity contribution in [3.05, 3.63) is 29.6 Å². The van der Waals surface area contributed by atoms with Crippen LogP contribution in [0.15, 0.2) is 18.2 Å². The molecule has 1 unspecified atom stereocenters. The first-order valence-electron chi connectivity index (χ1n) is 7.54. The second kappa shape index (κ2) is 5.98. The highest BCUT2D eigenvalue weighted by molar-refractivity contribution is 5.95. The zero-order valence-corrected chi connectivity index (χ0v) is 12.5. The molecule has 3 rings (SSSR count). The second-order valence-corrected chi connectivity index (χ2v) is 5.90. The first-order valence-corrected chi connectivity index (χ1v) is 7.54. The number of nitrogens with zero attached hydrogens (tertiary/aromatic N) is 1. The number of Topliss-reactive ketones (excluding diaryl/α,β-unsaturated/α-hetero) is 1. The number of rotatable bonds is 3. The van der Waals surface area contributed by atoms with Crippen molar-refractivity contribution in [1.29, 1.82) is 0 Å². The molecule has 6 nitrogen and oxygen atoms in total. The molecular formula is C16H17FN2O4. The van der Waals surface area contributed by atoms with Crippen LogP contribution in [0.1, 0.15) is 37.2 Å². The Kier molecular flexibility index (Phi) is 4.02. The molecule has 1 aliphatic heterocycles. The third-order valence-corrected chi connectivity index (χ3v) is 4.41. The van der Waals surface area contributed by atoms with Crippen molar-refractivity contribution in [1.82, 2.24) is 0 Å². The van der Waals surface area contributed by atoms with Crippen LogP contribution >= 0.6 is 0 Å². The van der Waals surface area contributed by atoms with Gasteiger partial charge in [-0.25, -0.2) is 9.18 Å². The standard InChI is InChI=1S/C16H17FN2O4/c17-13-7-10(19-8-14(15(18)21)23-16(19)22)3-6-12(13)9-1-4-11(20)5-2-9/h3,6-7,9,14H,1-2,4-5,8H2,(H2,18,21). The molecule has 1 saturated heterocycles. The Labute approximate surface area is 132 Å². The molecule has 7 heteroatoms. The van der Waals surface area contributed by atoms with Crippen LogP contribution in [0.4, 0.5) is 14.9 Å². The van der Waals surface area contributed by atoms with Crippen molar-refractivity contribution < 1.29 is 23.5 Å². The van der Waals surface area contributed by atoms with Crippen LogP contribution in [-0.4, -0.2) is 30.4 Å². The van der Waals surface area contributed by atoms with E-state index in [0.717, 1.165) is 0 Å². The summed E-state index contributed by atoms with van der Waals surface area (Å²) in [7, 11) is 0. The van der Waals surface area contributed by atoms with E-state index >= 15 is 0 Å². The highest BCUT2D eigenvalue weighted by atomic mass is 19.1. The number of nitrogens with two attached hydrogens (primary N) is 1. The number of carbonyl (C=O) groups is 3. The molecule has 1 aromatic rings. The summed E-state index contributed by atoms with van der Waals surface area (Å²) in [4.78, 5) is 35.3. The monoisotopic (exact) mass is 320 g/mol. The third-order valence-electron chi connectivity index (χ3n) is 4.41.